The number of nitriles is 1. The largest absolute Gasteiger partial charge is 0.495 e. The minimum absolute atomic E-state index is 0.0876. The van der Waals surface area contributed by atoms with Gasteiger partial charge in [-0.3, -0.25) is 0 Å². The summed E-state index contributed by atoms with van der Waals surface area (Å²) >= 11 is 0. The first-order chi connectivity index (χ1) is 9.04. The second-order valence-electron chi connectivity index (χ2n) is 5.47. The number of hydrogen-bond acceptors (Lipinski definition) is 4. The Morgan fingerprint density at radius 3 is 2.89 bits per heavy atom. The molecule has 1 aliphatic rings. The van der Waals surface area contributed by atoms with Gasteiger partial charge in [-0.25, -0.2) is 0 Å². The van der Waals surface area contributed by atoms with Crippen molar-refractivity contribution in [1.82, 2.24) is 0 Å². The van der Waals surface area contributed by atoms with Gasteiger partial charge in [-0.15, -0.1) is 0 Å². The van der Waals surface area contributed by atoms with Gasteiger partial charge in [0.1, 0.15) is 5.75 Å². The van der Waals surface area contributed by atoms with Gasteiger partial charge in [-0.2, -0.15) is 5.26 Å². The Balaban J connectivity index is 2.13. The highest BCUT2D eigenvalue weighted by molar-refractivity contribution is 5.60. The van der Waals surface area contributed by atoms with Crippen LogP contribution in [0.5, 0.6) is 5.75 Å². The van der Waals surface area contributed by atoms with Gasteiger partial charge < -0.3 is 14.8 Å². The summed E-state index contributed by atoms with van der Waals surface area (Å²) in [6, 6.07) is 7.94. The van der Waals surface area contributed by atoms with E-state index in [0.717, 1.165) is 25.1 Å². The number of rotatable bonds is 3. The van der Waals surface area contributed by atoms with Crippen molar-refractivity contribution in [2.24, 2.45) is 0 Å². The van der Waals surface area contributed by atoms with Gasteiger partial charge in [0.2, 0.25) is 0 Å². The van der Waals surface area contributed by atoms with Crippen LogP contribution in [-0.4, -0.2) is 25.4 Å². The van der Waals surface area contributed by atoms with Gasteiger partial charge in [-0.1, -0.05) is 0 Å². The SMILES string of the molecule is COc1cc(C#N)ccc1NC1CCOC(C)(C)C1. The second-order valence-corrected chi connectivity index (χ2v) is 5.47. The fourth-order valence-electron chi connectivity index (χ4n) is 2.45. The lowest BCUT2D eigenvalue weighted by atomic mass is 9.93. The molecule has 1 aromatic rings. The minimum Gasteiger partial charge on any atom is -0.495 e. The molecule has 1 saturated heterocycles. The Labute approximate surface area is 114 Å². The Bertz CT molecular complexity index is 491. The summed E-state index contributed by atoms with van der Waals surface area (Å²) in [6.45, 7) is 4.98. The average molecular weight is 260 g/mol. The molecule has 19 heavy (non-hydrogen) atoms. The Hall–Kier alpha value is -1.73. The van der Waals surface area contributed by atoms with Crippen LogP contribution in [0, 0.1) is 11.3 Å². The first-order valence-electron chi connectivity index (χ1n) is 6.53. The standard InChI is InChI=1S/C15H20N2O2/c1-15(2)9-12(6-7-19-15)17-13-5-4-11(10-16)8-14(13)18-3/h4-5,8,12,17H,6-7,9H2,1-3H3. The van der Waals surface area contributed by atoms with E-state index in [1.807, 2.05) is 6.07 Å². The molecular weight excluding hydrogens is 240 g/mol. The number of nitrogens with zero attached hydrogens (tertiary/aromatic N) is 1. The van der Waals surface area contributed by atoms with Crippen molar-refractivity contribution < 1.29 is 9.47 Å². The van der Waals surface area contributed by atoms with E-state index < -0.39 is 0 Å². The highest BCUT2D eigenvalue weighted by Crippen LogP contribution is 2.30. The summed E-state index contributed by atoms with van der Waals surface area (Å²) in [7, 11) is 1.62. The zero-order valence-corrected chi connectivity index (χ0v) is 11.7. The number of ether oxygens (including phenoxy) is 2. The molecule has 0 bridgehead atoms. The van der Waals surface area contributed by atoms with E-state index in [1.54, 1.807) is 19.2 Å². The quantitative estimate of drug-likeness (QED) is 0.907. The van der Waals surface area contributed by atoms with E-state index in [0.29, 0.717) is 17.4 Å². The van der Waals surface area contributed by atoms with Crippen molar-refractivity contribution in [3.05, 3.63) is 23.8 Å². The number of hydrogen-bond donors (Lipinski definition) is 1. The third-order valence-corrected chi connectivity index (χ3v) is 3.39. The first-order valence-corrected chi connectivity index (χ1v) is 6.53. The summed E-state index contributed by atoms with van der Waals surface area (Å²) in [5, 5.41) is 12.4. The van der Waals surface area contributed by atoms with Crippen molar-refractivity contribution in [1.29, 1.82) is 5.26 Å². The molecule has 1 aliphatic heterocycles. The zero-order chi connectivity index (χ0) is 13.9. The topological polar surface area (TPSA) is 54.3 Å². The lowest BCUT2D eigenvalue weighted by Crippen LogP contribution is -2.40. The molecule has 0 aromatic heterocycles. The van der Waals surface area contributed by atoms with Crippen LogP contribution >= 0.6 is 0 Å². The van der Waals surface area contributed by atoms with Crippen LogP contribution in [0.2, 0.25) is 0 Å². The fourth-order valence-corrected chi connectivity index (χ4v) is 2.45. The molecule has 4 heteroatoms. The van der Waals surface area contributed by atoms with E-state index in [-0.39, 0.29) is 5.60 Å². The zero-order valence-electron chi connectivity index (χ0n) is 11.7. The van der Waals surface area contributed by atoms with E-state index in [4.69, 9.17) is 14.7 Å². The molecular formula is C15H20N2O2. The van der Waals surface area contributed by atoms with Crippen LogP contribution in [0.4, 0.5) is 5.69 Å². The van der Waals surface area contributed by atoms with Crippen molar-refractivity contribution in [3.63, 3.8) is 0 Å². The molecule has 102 valence electrons. The van der Waals surface area contributed by atoms with Crippen molar-refractivity contribution in [2.45, 2.75) is 38.3 Å². The summed E-state index contributed by atoms with van der Waals surface area (Å²) < 4.78 is 11.0. The maximum absolute atomic E-state index is 8.90. The molecule has 1 atom stereocenters. The summed E-state index contributed by atoms with van der Waals surface area (Å²) in [5.41, 5.74) is 1.45. The van der Waals surface area contributed by atoms with Crippen LogP contribution in [-0.2, 0) is 4.74 Å². The molecule has 0 amide bonds. The molecule has 0 saturated carbocycles. The van der Waals surface area contributed by atoms with Crippen molar-refractivity contribution >= 4 is 5.69 Å². The van der Waals surface area contributed by atoms with Crippen LogP contribution in [0.15, 0.2) is 18.2 Å². The maximum Gasteiger partial charge on any atom is 0.143 e. The molecule has 0 radical (unpaired) electrons. The molecule has 1 heterocycles. The number of nitrogens with one attached hydrogen (secondary N) is 1. The molecule has 1 aromatic carbocycles. The fraction of sp³-hybridized carbons (Fsp3) is 0.533. The smallest absolute Gasteiger partial charge is 0.143 e. The van der Waals surface area contributed by atoms with Gasteiger partial charge in [-0.05, 0) is 38.8 Å². The molecule has 1 unspecified atom stereocenters. The lowest BCUT2D eigenvalue weighted by Gasteiger charge is -2.36. The lowest BCUT2D eigenvalue weighted by molar-refractivity contribution is -0.0553. The Morgan fingerprint density at radius 1 is 1.47 bits per heavy atom. The highest BCUT2D eigenvalue weighted by atomic mass is 16.5. The van der Waals surface area contributed by atoms with E-state index >= 15 is 0 Å². The normalized spacial score (nSPS) is 21.5. The van der Waals surface area contributed by atoms with E-state index in [9.17, 15) is 0 Å². The molecule has 2 rings (SSSR count). The van der Waals surface area contributed by atoms with Gasteiger partial charge in [0.05, 0.1) is 30.0 Å². The third-order valence-electron chi connectivity index (χ3n) is 3.39. The molecule has 1 fully saturated rings. The van der Waals surface area contributed by atoms with Crippen LogP contribution < -0.4 is 10.1 Å². The van der Waals surface area contributed by atoms with Crippen LogP contribution in [0.3, 0.4) is 0 Å². The Morgan fingerprint density at radius 2 is 2.26 bits per heavy atom. The second kappa shape index (κ2) is 5.50. The predicted octanol–water partition coefficient (Wildman–Crippen LogP) is 2.94. The number of anilines is 1. The summed E-state index contributed by atoms with van der Waals surface area (Å²) in [6.07, 6.45) is 1.93. The average Bonchev–Trinajstić information content (AvgIpc) is 2.38. The first kappa shape index (κ1) is 13.7. The molecule has 0 aliphatic carbocycles. The van der Waals surface area contributed by atoms with Crippen LogP contribution in [0.25, 0.3) is 0 Å². The van der Waals surface area contributed by atoms with Crippen LogP contribution in [0.1, 0.15) is 32.3 Å². The van der Waals surface area contributed by atoms with E-state index in [1.165, 1.54) is 0 Å². The van der Waals surface area contributed by atoms with Gasteiger partial charge in [0, 0.05) is 18.7 Å². The third kappa shape index (κ3) is 3.39. The van der Waals surface area contributed by atoms with Gasteiger partial charge in [0.15, 0.2) is 0 Å². The minimum atomic E-state index is -0.0876. The molecule has 4 nitrogen and oxygen atoms in total. The number of methoxy groups -OCH3 is 1. The van der Waals surface area contributed by atoms with Crippen molar-refractivity contribution in [3.8, 4) is 11.8 Å². The number of benzene rings is 1. The monoisotopic (exact) mass is 260 g/mol. The predicted molar refractivity (Wildman–Crippen MR) is 74.4 cm³/mol. The highest BCUT2D eigenvalue weighted by Gasteiger charge is 2.29. The molecule has 0 spiro atoms. The Kier molecular flexibility index (Phi) is 3.96. The van der Waals surface area contributed by atoms with Gasteiger partial charge in [0.25, 0.3) is 0 Å². The van der Waals surface area contributed by atoms with E-state index in [2.05, 4.69) is 25.2 Å². The maximum atomic E-state index is 8.90. The summed E-state index contributed by atoms with van der Waals surface area (Å²) in [5.74, 6) is 0.711. The molecule has 1 N–H and O–H groups in total. The van der Waals surface area contributed by atoms with Crippen molar-refractivity contribution in [2.75, 3.05) is 19.0 Å². The summed E-state index contributed by atoms with van der Waals surface area (Å²) in [4.78, 5) is 0. The van der Waals surface area contributed by atoms with Gasteiger partial charge >= 0.3 is 0 Å².